The minimum absolute atomic E-state index is 0.291. The molecule has 11 heavy (non-hydrogen) atoms. The fourth-order valence-corrected chi connectivity index (χ4v) is 1.03. The van der Waals surface area contributed by atoms with Crippen LogP contribution in [0.3, 0.4) is 0 Å². The molecule has 0 radical (unpaired) electrons. The Morgan fingerprint density at radius 3 is 3.00 bits per heavy atom. The summed E-state index contributed by atoms with van der Waals surface area (Å²) >= 11 is 0. The Morgan fingerprint density at radius 1 is 1.73 bits per heavy atom. The summed E-state index contributed by atoms with van der Waals surface area (Å²) in [5.41, 5.74) is 0. The molecule has 0 aromatic carbocycles. The Bertz CT molecular complexity index is 174. The molecule has 0 spiro atoms. The number of rotatable bonds is 1. The number of esters is 1. The molecule has 0 amide bonds. The van der Waals surface area contributed by atoms with Crippen LogP contribution in [-0.4, -0.2) is 19.2 Å². The zero-order valence-corrected chi connectivity index (χ0v) is 6.74. The minimum atomic E-state index is -0.403. The highest BCUT2D eigenvalue weighted by atomic mass is 16.6. The van der Waals surface area contributed by atoms with E-state index >= 15 is 0 Å². The molecule has 1 heterocycles. The van der Waals surface area contributed by atoms with Gasteiger partial charge in [-0.3, -0.25) is 0 Å². The predicted octanol–water partition coefficient (Wildman–Crippen LogP) is 1.10. The van der Waals surface area contributed by atoms with E-state index in [0.717, 1.165) is 0 Å². The molecule has 0 aliphatic carbocycles. The molecule has 3 heteroatoms. The van der Waals surface area contributed by atoms with E-state index in [-0.39, 0.29) is 5.97 Å². The lowest BCUT2D eigenvalue weighted by Gasteiger charge is -2.20. The number of ether oxygens (including phenoxy) is 2. The monoisotopic (exact) mass is 156 g/mol. The second-order valence-electron chi connectivity index (χ2n) is 2.69. The Labute approximate surface area is 66.0 Å². The van der Waals surface area contributed by atoms with Crippen molar-refractivity contribution in [2.75, 3.05) is 7.11 Å². The Hall–Kier alpha value is -0.990. The molecular weight excluding hydrogens is 144 g/mol. The van der Waals surface area contributed by atoms with E-state index < -0.39 is 6.10 Å². The van der Waals surface area contributed by atoms with E-state index in [9.17, 15) is 4.79 Å². The van der Waals surface area contributed by atoms with Crippen LogP contribution in [0.4, 0.5) is 0 Å². The molecule has 1 aliphatic heterocycles. The third-order valence-electron chi connectivity index (χ3n) is 1.70. The first-order valence-corrected chi connectivity index (χ1v) is 3.64. The van der Waals surface area contributed by atoms with Crippen LogP contribution >= 0.6 is 0 Å². The molecule has 2 atom stereocenters. The van der Waals surface area contributed by atoms with Crippen molar-refractivity contribution >= 4 is 5.97 Å². The number of carbonyl (C=O) groups excluding carboxylic acids is 1. The van der Waals surface area contributed by atoms with Crippen molar-refractivity contribution < 1.29 is 14.3 Å². The largest absolute Gasteiger partial charge is 0.487 e. The summed E-state index contributed by atoms with van der Waals surface area (Å²) in [5, 5.41) is 0. The maximum absolute atomic E-state index is 10.9. The number of hydrogen-bond acceptors (Lipinski definition) is 3. The Balaban J connectivity index is 2.49. The van der Waals surface area contributed by atoms with Crippen LogP contribution < -0.4 is 0 Å². The smallest absolute Gasteiger partial charge is 0.347 e. The topological polar surface area (TPSA) is 35.5 Å². The third kappa shape index (κ3) is 1.97. The Kier molecular flexibility index (Phi) is 2.52. The summed E-state index contributed by atoms with van der Waals surface area (Å²) < 4.78 is 9.59. The molecule has 0 aromatic heterocycles. The van der Waals surface area contributed by atoms with Crippen LogP contribution in [0.1, 0.15) is 13.3 Å². The quantitative estimate of drug-likeness (QED) is 0.533. The van der Waals surface area contributed by atoms with Crippen molar-refractivity contribution in [1.29, 1.82) is 0 Å². The minimum Gasteiger partial charge on any atom is -0.487 e. The average Bonchev–Trinajstić information content (AvgIpc) is 2.03. The van der Waals surface area contributed by atoms with Crippen LogP contribution in [0, 0.1) is 5.92 Å². The molecule has 0 saturated heterocycles. The van der Waals surface area contributed by atoms with E-state index in [1.807, 2.05) is 13.0 Å². The van der Waals surface area contributed by atoms with Gasteiger partial charge >= 0.3 is 5.97 Å². The fraction of sp³-hybridized carbons (Fsp3) is 0.625. The van der Waals surface area contributed by atoms with E-state index in [2.05, 4.69) is 4.74 Å². The van der Waals surface area contributed by atoms with Crippen molar-refractivity contribution in [3.63, 3.8) is 0 Å². The molecule has 0 saturated carbocycles. The van der Waals surface area contributed by atoms with Crippen LogP contribution in [0.5, 0.6) is 0 Å². The zero-order chi connectivity index (χ0) is 8.27. The lowest BCUT2D eigenvalue weighted by atomic mass is 10.0. The van der Waals surface area contributed by atoms with Crippen LogP contribution in [0.2, 0.25) is 0 Å². The maximum Gasteiger partial charge on any atom is 0.347 e. The lowest BCUT2D eigenvalue weighted by molar-refractivity contribution is -0.152. The van der Waals surface area contributed by atoms with Crippen molar-refractivity contribution in [1.82, 2.24) is 0 Å². The molecule has 0 bridgehead atoms. The summed E-state index contributed by atoms with van der Waals surface area (Å²) in [6, 6.07) is 0. The highest BCUT2D eigenvalue weighted by Gasteiger charge is 2.23. The second kappa shape index (κ2) is 3.42. The van der Waals surface area contributed by atoms with Gasteiger partial charge in [0.15, 0.2) is 6.10 Å². The summed E-state index contributed by atoms with van der Waals surface area (Å²) in [6.45, 7) is 2.04. The maximum atomic E-state index is 10.9. The summed E-state index contributed by atoms with van der Waals surface area (Å²) in [5.74, 6) is 0.106. The van der Waals surface area contributed by atoms with Gasteiger partial charge in [0.05, 0.1) is 13.4 Å². The summed E-state index contributed by atoms with van der Waals surface area (Å²) in [6.07, 6.45) is 3.80. The molecule has 1 aliphatic rings. The second-order valence-corrected chi connectivity index (χ2v) is 2.69. The number of carbonyl (C=O) groups is 1. The van der Waals surface area contributed by atoms with Gasteiger partial charge in [-0.05, 0) is 12.0 Å². The van der Waals surface area contributed by atoms with Gasteiger partial charge in [0.1, 0.15) is 0 Å². The van der Waals surface area contributed by atoms with Crippen LogP contribution in [-0.2, 0) is 14.3 Å². The van der Waals surface area contributed by atoms with Crippen LogP contribution in [0.25, 0.3) is 0 Å². The summed E-state index contributed by atoms with van der Waals surface area (Å²) in [4.78, 5) is 10.9. The first-order valence-electron chi connectivity index (χ1n) is 3.64. The average molecular weight is 156 g/mol. The van der Waals surface area contributed by atoms with E-state index in [1.54, 1.807) is 6.26 Å². The van der Waals surface area contributed by atoms with Crippen molar-refractivity contribution in [3.8, 4) is 0 Å². The van der Waals surface area contributed by atoms with Gasteiger partial charge in [0, 0.05) is 6.42 Å². The van der Waals surface area contributed by atoms with Gasteiger partial charge in [-0.25, -0.2) is 4.79 Å². The third-order valence-corrected chi connectivity index (χ3v) is 1.70. The van der Waals surface area contributed by atoms with Crippen molar-refractivity contribution in [3.05, 3.63) is 12.3 Å². The van der Waals surface area contributed by atoms with Crippen LogP contribution in [0.15, 0.2) is 12.3 Å². The number of allylic oxidation sites excluding steroid dienone is 1. The SMILES string of the molecule is COC(=O)C1CC(C)C=CO1. The lowest BCUT2D eigenvalue weighted by Crippen LogP contribution is -2.27. The molecule has 3 nitrogen and oxygen atoms in total. The summed E-state index contributed by atoms with van der Waals surface area (Å²) in [7, 11) is 1.37. The van der Waals surface area contributed by atoms with E-state index in [4.69, 9.17) is 4.74 Å². The molecule has 2 unspecified atom stereocenters. The highest BCUT2D eigenvalue weighted by molar-refractivity contribution is 5.74. The van der Waals surface area contributed by atoms with Gasteiger partial charge in [0.25, 0.3) is 0 Å². The molecule has 0 N–H and O–H groups in total. The van der Waals surface area contributed by atoms with Gasteiger partial charge < -0.3 is 9.47 Å². The van der Waals surface area contributed by atoms with Gasteiger partial charge in [-0.1, -0.05) is 6.92 Å². The normalized spacial score (nSPS) is 29.3. The predicted molar refractivity (Wildman–Crippen MR) is 39.8 cm³/mol. The van der Waals surface area contributed by atoms with Crippen molar-refractivity contribution in [2.45, 2.75) is 19.4 Å². The molecule has 0 aromatic rings. The number of hydrogen-bond donors (Lipinski definition) is 0. The van der Waals surface area contributed by atoms with Gasteiger partial charge in [-0.2, -0.15) is 0 Å². The molecular formula is C8H12O3. The zero-order valence-electron chi connectivity index (χ0n) is 6.74. The first kappa shape index (κ1) is 8.11. The number of methoxy groups -OCH3 is 1. The fourth-order valence-electron chi connectivity index (χ4n) is 1.03. The highest BCUT2D eigenvalue weighted by Crippen LogP contribution is 2.17. The van der Waals surface area contributed by atoms with E-state index in [0.29, 0.717) is 12.3 Å². The van der Waals surface area contributed by atoms with Crippen molar-refractivity contribution in [2.24, 2.45) is 5.92 Å². The first-order chi connectivity index (χ1) is 5.24. The van der Waals surface area contributed by atoms with Gasteiger partial charge in [0.2, 0.25) is 0 Å². The molecule has 1 rings (SSSR count). The van der Waals surface area contributed by atoms with E-state index in [1.165, 1.54) is 7.11 Å². The van der Waals surface area contributed by atoms with Gasteiger partial charge in [-0.15, -0.1) is 0 Å². The molecule has 0 fully saturated rings. The Morgan fingerprint density at radius 2 is 2.45 bits per heavy atom. The standard InChI is InChI=1S/C8H12O3/c1-6-3-4-11-7(5-6)8(9)10-2/h3-4,6-7H,5H2,1-2H3. The molecule has 62 valence electrons.